The lowest BCUT2D eigenvalue weighted by atomic mass is 9.95. The van der Waals surface area contributed by atoms with Crippen LogP contribution in [0.5, 0.6) is 5.75 Å². The number of unbranched alkanes of at least 4 members (excludes halogenated alkanes) is 2. The van der Waals surface area contributed by atoms with Gasteiger partial charge in [0.25, 0.3) is 0 Å². The molecular formula is C22H27F3N2O2. The largest absolute Gasteiger partial charge is 0.493 e. The molecule has 158 valence electrons. The van der Waals surface area contributed by atoms with Gasteiger partial charge in [0.2, 0.25) is 5.91 Å². The second kappa shape index (κ2) is 8.22. The molecule has 0 saturated carbocycles. The van der Waals surface area contributed by atoms with Gasteiger partial charge in [0.15, 0.2) is 6.04 Å². The fraction of sp³-hybridized carbons (Fsp3) is 0.500. The van der Waals surface area contributed by atoms with Gasteiger partial charge in [-0.25, -0.2) is 0 Å². The summed E-state index contributed by atoms with van der Waals surface area (Å²) in [5.74, 6) is 0.0212. The molecule has 1 saturated heterocycles. The Morgan fingerprint density at radius 3 is 2.55 bits per heavy atom. The maximum atomic E-state index is 14.2. The topological polar surface area (TPSA) is 41.6 Å². The molecule has 0 bridgehead atoms. The zero-order chi connectivity index (χ0) is 21.2. The minimum absolute atomic E-state index is 0.00748. The molecule has 0 aromatic heterocycles. The van der Waals surface area contributed by atoms with Crippen LogP contribution in [0.1, 0.15) is 58.1 Å². The predicted octanol–water partition coefficient (Wildman–Crippen LogP) is 5.53. The zero-order valence-corrected chi connectivity index (χ0v) is 17.0. The van der Waals surface area contributed by atoms with Crippen molar-refractivity contribution in [3.8, 4) is 5.75 Å². The van der Waals surface area contributed by atoms with Gasteiger partial charge in [0.1, 0.15) is 5.75 Å². The quantitative estimate of drug-likeness (QED) is 0.613. The highest BCUT2D eigenvalue weighted by molar-refractivity contribution is 5.89. The molecule has 3 rings (SSSR count). The molecule has 0 spiro atoms. The van der Waals surface area contributed by atoms with Gasteiger partial charge in [-0.1, -0.05) is 44.0 Å². The first-order valence-corrected chi connectivity index (χ1v) is 9.94. The fourth-order valence-electron chi connectivity index (χ4n) is 3.81. The van der Waals surface area contributed by atoms with Crippen LogP contribution >= 0.6 is 0 Å². The van der Waals surface area contributed by atoms with E-state index >= 15 is 0 Å². The van der Waals surface area contributed by atoms with Crippen molar-refractivity contribution in [3.05, 3.63) is 42.0 Å². The van der Waals surface area contributed by atoms with E-state index in [1.165, 1.54) is 12.1 Å². The number of fused-ring (bicyclic) bond motifs is 1. The molecule has 1 unspecified atom stereocenters. The Bertz CT molecular complexity index is 880. The Balaban J connectivity index is 2.06. The number of ether oxygens (including phenoxy) is 1. The summed E-state index contributed by atoms with van der Waals surface area (Å²) >= 11 is 0. The first-order valence-electron chi connectivity index (χ1n) is 9.94. The van der Waals surface area contributed by atoms with Gasteiger partial charge in [-0.05, 0) is 43.4 Å². The van der Waals surface area contributed by atoms with Gasteiger partial charge in [0.05, 0.1) is 6.61 Å². The minimum Gasteiger partial charge on any atom is -0.493 e. The van der Waals surface area contributed by atoms with Crippen molar-refractivity contribution in [1.82, 2.24) is 10.4 Å². The second-order valence-corrected chi connectivity index (χ2v) is 8.13. The molecule has 4 nitrogen and oxygen atoms in total. The summed E-state index contributed by atoms with van der Waals surface area (Å²) in [5, 5.41) is 2.48. The number of halogens is 3. The van der Waals surface area contributed by atoms with Crippen LogP contribution in [0, 0.1) is 0 Å². The molecule has 2 aromatic carbocycles. The summed E-state index contributed by atoms with van der Waals surface area (Å²) in [4.78, 5) is 11.9. The number of carbonyl (C=O) groups excluding carboxylic acids is 1. The molecule has 29 heavy (non-hydrogen) atoms. The van der Waals surface area contributed by atoms with Gasteiger partial charge < -0.3 is 4.74 Å². The van der Waals surface area contributed by atoms with Crippen LogP contribution in [0.25, 0.3) is 10.8 Å². The fourth-order valence-corrected chi connectivity index (χ4v) is 3.81. The number of hydrazine groups is 1. The van der Waals surface area contributed by atoms with E-state index in [4.69, 9.17) is 4.74 Å². The third-order valence-corrected chi connectivity index (χ3v) is 5.23. The second-order valence-electron chi connectivity index (χ2n) is 8.13. The number of hydrogen-bond donors (Lipinski definition) is 1. The van der Waals surface area contributed by atoms with Crippen molar-refractivity contribution in [1.29, 1.82) is 0 Å². The molecule has 1 fully saturated rings. The molecule has 1 heterocycles. The van der Waals surface area contributed by atoms with Crippen molar-refractivity contribution in [3.63, 3.8) is 0 Å². The smallest absolute Gasteiger partial charge is 0.409 e. The number of carbonyl (C=O) groups is 1. The summed E-state index contributed by atoms with van der Waals surface area (Å²) in [6, 6.07) is 8.28. The highest BCUT2D eigenvalue weighted by Crippen LogP contribution is 2.44. The number of hydrogen-bond acceptors (Lipinski definition) is 3. The predicted molar refractivity (Wildman–Crippen MR) is 106 cm³/mol. The number of alkyl halides is 3. The van der Waals surface area contributed by atoms with E-state index in [0.717, 1.165) is 29.7 Å². The normalized spacial score (nSPS) is 18.1. The van der Waals surface area contributed by atoms with E-state index < -0.39 is 23.7 Å². The SMILES string of the molecule is CCCCCOc1cc(C(N2NC(=O)CC2(C)C)C(F)(F)F)cc2ccccc12. The van der Waals surface area contributed by atoms with E-state index in [-0.39, 0.29) is 12.0 Å². The highest BCUT2D eigenvalue weighted by Gasteiger charge is 2.53. The molecule has 1 aliphatic rings. The molecule has 1 amide bonds. The van der Waals surface area contributed by atoms with Crippen LogP contribution in [0.4, 0.5) is 13.2 Å². The van der Waals surface area contributed by atoms with E-state index in [2.05, 4.69) is 12.3 Å². The summed E-state index contributed by atoms with van der Waals surface area (Å²) < 4.78 is 48.4. The summed E-state index contributed by atoms with van der Waals surface area (Å²) in [6.07, 6.45) is -1.70. The third kappa shape index (κ3) is 4.66. The van der Waals surface area contributed by atoms with E-state index in [0.29, 0.717) is 17.7 Å². The molecule has 0 aliphatic carbocycles. The van der Waals surface area contributed by atoms with Crippen molar-refractivity contribution in [2.75, 3.05) is 6.61 Å². The Hall–Kier alpha value is -2.28. The van der Waals surface area contributed by atoms with Crippen LogP contribution in [-0.2, 0) is 4.79 Å². The van der Waals surface area contributed by atoms with Crippen LogP contribution in [0.2, 0.25) is 0 Å². The standard InChI is InChI=1S/C22H27F3N2O2/c1-4-5-8-11-29-18-13-16(12-15-9-6-7-10-17(15)18)20(22(23,24)25)27-21(2,3)14-19(28)26-27/h6-7,9-10,12-13,20H,4-5,8,11,14H2,1-3H3,(H,26,28). The number of nitrogens with zero attached hydrogens (tertiary/aromatic N) is 1. The Kier molecular flexibility index (Phi) is 6.08. The lowest BCUT2D eigenvalue weighted by Crippen LogP contribution is -2.51. The number of amides is 1. The summed E-state index contributed by atoms with van der Waals surface area (Å²) in [5.41, 5.74) is 1.50. The van der Waals surface area contributed by atoms with Crippen molar-refractivity contribution < 1.29 is 22.7 Å². The molecule has 1 N–H and O–H groups in total. The average Bonchev–Trinajstić information content (AvgIpc) is 2.89. The first kappa shape index (κ1) is 21.4. The molecule has 1 atom stereocenters. The molecule has 2 aromatic rings. The Morgan fingerprint density at radius 1 is 1.21 bits per heavy atom. The van der Waals surface area contributed by atoms with Crippen LogP contribution in [0.15, 0.2) is 36.4 Å². The van der Waals surface area contributed by atoms with Crippen molar-refractivity contribution >= 4 is 16.7 Å². The molecular weight excluding hydrogens is 381 g/mol. The number of benzene rings is 2. The van der Waals surface area contributed by atoms with Gasteiger partial charge in [0, 0.05) is 17.3 Å². The lowest BCUT2D eigenvalue weighted by Gasteiger charge is -2.38. The summed E-state index contributed by atoms with van der Waals surface area (Å²) in [6.45, 7) is 5.79. The van der Waals surface area contributed by atoms with Crippen LogP contribution in [-0.4, -0.2) is 29.2 Å². The molecule has 0 radical (unpaired) electrons. The highest BCUT2D eigenvalue weighted by atomic mass is 19.4. The summed E-state index contributed by atoms with van der Waals surface area (Å²) in [7, 11) is 0. The number of rotatable bonds is 7. The van der Waals surface area contributed by atoms with E-state index in [1.54, 1.807) is 26.0 Å². The first-order chi connectivity index (χ1) is 13.6. The Morgan fingerprint density at radius 2 is 1.93 bits per heavy atom. The monoisotopic (exact) mass is 408 g/mol. The van der Waals surface area contributed by atoms with E-state index in [1.807, 2.05) is 12.1 Å². The zero-order valence-electron chi connectivity index (χ0n) is 17.0. The lowest BCUT2D eigenvalue weighted by molar-refractivity contribution is -0.203. The van der Waals surface area contributed by atoms with E-state index in [9.17, 15) is 18.0 Å². The maximum Gasteiger partial charge on any atom is 0.409 e. The third-order valence-electron chi connectivity index (χ3n) is 5.23. The van der Waals surface area contributed by atoms with Gasteiger partial charge >= 0.3 is 6.18 Å². The van der Waals surface area contributed by atoms with Gasteiger partial charge in [-0.15, -0.1) is 0 Å². The van der Waals surface area contributed by atoms with Crippen molar-refractivity contribution in [2.45, 2.75) is 64.2 Å². The van der Waals surface area contributed by atoms with Crippen LogP contribution < -0.4 is 10.2 Å². The minimum atomic E-state index is -4.57. The molecule has 1 aliphatic heterocycles. The Labute approximate surface area is 169 Å². The van der Waals surface area contributed by atoms with Crippen LogP contribution in [0.3, 0.4) is 0 Å². The van der Waals surface area contributed by atoms with Gasteiger partial charge in [-0.3, -0.25) is 10.2 Å². The molecule has 7 heteroatoms. The maximum absolute atomic E-state index is 14.2. The van der Waals surface area contributed by atoms with Crippen molar-refractivity contribution in [2.24, 2.45) is 0 Å². The van der Waals surface area contributed by atoms with Gasteiger partial charge in [-0.2, -0.15) is 18.2 Å². The average molecular weight is 408 g/mol. The number of nitrogens with one attached hydrogen (secondary N) is 1.